The molecule has 1 amide bonds. The third-order valence-corrected chi connectivity index (χ3v) is 4.59. The van der Waals surface area contributed by atoms with Crippen molar-refractivity contribution in [2.75, 3.05) is 5.32 Å². The van der Waals surface area contributed by atoms with Crippen LogP contribution >= 0.6 is 23.2 Å². The van der Waals surface area contributed by atoms with E-state index in [1.54, 1.807) is 18.2 Å². The number of carbonyl (C=O) groups is 1. The van der Waals surface area contributed by atoms with Crippen LogP contribution in [-0.2, 0) is 4.79 Å². The smallest absolute Gasteiger partial charge is 0.265 e. The number of hydrogen-bond acceptors (Lipinski definition) is 2. The predicted molar refractivity (Wildman–Crippen MR) is 104 cm³/mol. The summed E-state index contributed by atoms with van der Waals surface area (Å²) in [5.41, 5.74) is 0.583. The number of halogens is 2. The van der Waals surface area contributed by atoms with Crippen LogP contribution in [0, 0.1) is 0 Å². The summed E-state index contributed by atoms with van der Waals surface area (Å²) in [5, 5.41) is 5.84. The van der Waals surface area contributed by atoms with E-state index in [1.165, 1.54) is 0 Å². The van der Waals surface area contributed by atoms with Crippen molar-refractivity contribution < 1.29 is 9.53 Å². The Morgan fingerprint density at radius 1 is 1.00 bits per heavy atom. The third-order valence-electron chi connectivity index (χ3n) is 3.85. The Bertz CT molecular complexity index is 911. The van der Waals surface area contributed by atoms with Gasteiger partial charge in [0.15, 0.2) is 6.10 Å². The maximum atomic E-state index is 12.5. The molecule has 1 N–H and O–H groups in total. The lowest BCUT2D eigenvalue weighted by Gasteiger charge is -2.18. The van der Waals surface area contributed by atoms with Crippen molar-refractivity contribution in [3.63, 3.8) is 0 Å². The second kappa shape index (κ2) is 7.77. The van der Waals surface area contributed by atoms with E-state index in [2.05, 4.69) is 5.32 Å². The van der Waals surface area contributed by atoms with E-state index in [0.717, 1.165) is 10.8 Å². The summed E-state index contributed by atoms with van der Waals surface area (Å²) in [6.45, 7) is 1.90. The highest BCUT2D eigenvalue weighted by Gasteiger charge is 2.19. The van der Waals surface area contributed by atoms with Crippen LogP contribution in [0.3, 0.4) is 0 Å². The minimum atomic E-state index is -0.601. The van der Waals surface area contributed by atoms with Crippen LogP contribution in [0.1, 0.15) is 13.3 Å². The molecule has 0 aromatic heterocycles. The van der Waals surface area contributed by atoms with Gasteiger partial charge in [-0.15, -0.1) is 0 Å². The van der Waals surface area contributed by atoms with Crippen molar-refractivity contribution in [3.8, 4) is 5.75 Å². The Morgan fingerprint density at radius 3 is 2.48 bits per heavy atom. The van der Waals surface area contributed by atoms with Crippen LogP contribution in [0.5, 0.6) is 5.75 Å². The van der Waals surface area contributed by atoms with Crippen molar-refractivity contribution in [1.29, 1.82) is 0 Å². The van der Waals surface area contributed by atoms with Gasteiger partial charge >= 0.3 is 0 Å². The Morgan fingerprint density at radius 2 is 1.76 bits per heavy atom. The highest BCUT2D eigenvalue weighted by molar-refractivity contribution is 6.42. The average Bonchev–Trinajstić information content (AvgIpc) is 2.62. The number of amides is 1. The first kappa shape index (κ1) is 17.6. The van der Waals surface area contributed by atoms with Crippen LogP contribution < -0.4 is 10.1 Å². The Balaban J connectivity index is 1.73. The van der Waals surface area contributed by atoms with Crippen molar-refractivity contribution in [1.82, 2.24) is 0 Å². The molecule has 0 heterocycles. The van der Waals surface area contributed by atoms with Crippen LogP contribution in [0.4, 0.5) is 5.69 Å². The number of anilines is 1. The molecule has 0 fully saturated rings. The summed E-state index contributed by atoms with van der Waals surface area (Å²) in [5.74, 6) is 0.434. The van der Waals surface area contributed by atoms with Crippen molar-refractivity contribution >= 4 is 45.6 Å². The lowest BCUT2D eigenvalue weighted by atomic mass is 10.1. The number of ether oxygens (including phenoxy) is 1. The van der Waals surface area contributed by atoms with E-state index in [0.29, 0.717) is 27.9 Å². The van der Waals surface area contributed by atoms with Crippen molar-refractivity contribution in [2.24, 2.45) is 0 Å². The van der Waals surface area contributed by atoms with Gasteiger partial charge in [-0.05, 0) is 47.5 Å². The molecule has 0 aliphatic carbocycles. The molecular formula is C20H17Cl2NO2. The number of carbonyl (C=O) groups excluding carboxylic acids is 1. The number of benzene rings is 3. The standard InChI is InChI=1S/C20H17Cl2NO2/c1-2-19(20(24)23-15-8-10-17(21)18(22)12-15)25-16-9-7-13-5-3-4-6-14(13)11-16/h3-12,19H,2H2,1H3,(H,23,24). The lowest BCUT2D eigenvalue weighted by Crippen LogP contribution is -2.32. The van der Waals surface area contributed by atoms with Gasteiger partial charge in [0.1, 0.15) is 5.75 Å². The van der Waals surface area contributed by atoms with Crippen molar-refractivity contribution in [2.45, 2.75) is 19.4 Å². The van der Waals surface area contributed by atoms with Gasteiger partial charge in [0.25, 0.3) is 5.91 Å². The summed E-state index contributed by atoms with van der Waals surface area (Å²) in [6, 6.07) is 18.8. The topological polar surface area (TPSA) is 38.3 Å². The van der Waals surface area contributed by atoms with E-state index >= 15 is 0 Å². The molecule has 0 aliphatic heterocycles. The summed E-state index contributed by atoms with van der Waals surface area (Å²) >= 11 is 11.9. The summed E-state index contributed by atoms with van der Waals surface area (Å²) in [7, 11) is 0. The monoisotopic (exact) mass is 373 g/mol. The molecular weight excluding hydrogens is 357 g/mol. The maximum absolute atomic E-state index is 12.5. The number of fused-ring (bicyclic) bond motifs is 1. The quantitative estimate of drug-likeness (QED) is 0.600. The fourth-order valence-corrected chi connectivity index (χ4v) is 2.82. The van der Waals surface area contributed by atoms with E-state index in [1.807, 2.05) is 49.4 Å². The first-order chi connectivity index (χ1) is 12.1. The molecule has 0 radical (unpaired) electrons. The Labute approximate surface area is 156 Å². The average molecular weight is 374 g/mol. The van der Waals surface area contributed by atoms with Gasteiger partial charge in [-0.25, -0.2) is 0 Å². The van der Waals surface area contributed by atoms with Crippen LogP contribution in [0.25, 0.3) is 10.8 Å². The van der Waals surface area contributed by atoms with Gasteiger partial charge in [0.2, 0.25) is 0 Å². The SMILES string of the molecule is CCC(Oc1ccc2ccccc2c1)C(=O)Nc1ccc(Cl)c(Cl)c1. The highest BCUT2D eigenvalue weighted by atomic mass is 35.5. The van der Waals surface area contributed by atoms with E-state index in [-0.39, 0.29) is 5.91 Å². The summed E-state index contributed by atoms with van der Waals surface area (Å²) in [4.78, 5) is 12.5. The Hall–Kier alpha value is -2.23. The molecule has 1 unspecified atom stereocenters. The molecule has 3 aromatic carbocycles. The normalized spacial score (nSPS) is 12.0. The molecule has 0 saturated carbocycles. The first-order valence-electron chi connectivity index (χ1n) is 7.98. The predicted octanol–water partition coefficient (Wildman–Crippen LogP) is 5.94. The van der Waals surface area contributed by atoms with Crippen LogP contribution in [-0.4, -0.2) is 12.0 Å². The van der Waals surface area contributed by atoms with Crippen LogP contribution in [0.2, 0.25) is 10.0 Å². The minimum absolute atomic E-state index is 0.228. The largest absolute Gasteiger partial charge is 0.481 e. The zero-order valence-electron chi connectivity index (χ0n) is 13.6. The van der Waals surface area contributed by atoms with Gasteiger partial charge in [0, 0.05) is 5.69 Å². The Kier molecular flexibility index (Phi) is 5.47. The fraction of sp³-hybridized carbons (Fsp3) is 0.150. The molecule has 25 heavy (non-hydrogen) atoms. The fourth-order valence-electron chi connectivity index (χ4n) is 2.52. The molecule has 0 aliphatic rings. The number of rotatable bonds is 5. The molecule has 3 nitrogen and oxygen atoms in total. The van der Waals surface area contributed by atoms with E-state index in [9.17, 15) is 4.79 Å². The van der Waals surface area contributed by atoms with Crippen molar-refractivity contribution in [3.05, 3.63) is 70.7 Å². The van der Waals surface area contributed by atoms with E-state index in [4.69, 9.17) is 27.9 Å². The zero-order chi connectivity index (χ0) is 17.8. The minimum Gasteiger partial charge on any atom is -0.481 e. The van der Waals surface area contributed by atoms with Gasteiger partial charge in [-0.2, -0.15) is 0 Å². The molecule has 128 valence electrons. The molecule has 0 bridgehead atoms. The summed E-state index contributed by atoms with van der Waals surface area (Å²) < 4.78 is 5.89. The maximum Gasteiger partial charge on any atom is 0.265 e. The third kappa shape index (κ3) is 4.25. The molecule has 0 saturated heterocycles. The highest BCUT2D eigenvalue weighted by Crippen LogP contribution is 2.26. The molecule has 5 heteroatoms. The lowest BCUT2D eigenvalue weighted by molar-refractivity contribution is -0.122. The number of hydrogen-bond donors (Lipinski definition) is 1. The molecule has 3 aromatic rings. The first-order valence-corrected chi connectivity index (χ1v) is 8.74. The van der Waals surface area contributed by atoms with Gasteiger partial charge in [0.05, 0.1) is 10.0 Å². The second-order valence-electron chi connectivity index (χ2n) is 5.64. The second-order valence-corrected chi connectivity index (χ2v) is 6.46. The molecule has 0 spiro atoms. The number of nitrogens with one attached hydrogen (secondary N) is 1. The molecule has 3 rings (SSSR count). The van der Waals surface area contributed by atoms with Gasteiger partial charge in [-0.1, -0.05) is 60.5 Å². The zero-order valence-corrected chi connectivity index (χ0v) is 15.1. The van der Waals surface area contributed by atoms with Gasteiger partial charge < -0.3 is 10.1 Å². The van der Waals surface area contributed by atoms with Gasteiger partial charge in [-0.3, -0.25) is 4.79 Å². The van der Waals surface area contributed by atoms with Crippen LogP contribution in [0.15, 0.2) is 60.7 Å². The summed E-state index contributed by atoms with van der Waals surface area (Å²) in [6.07, 6.45) is -0.0596. The molecule has 1 atom stereocenters. The van der Waals surface area contributed by atoms with E-state index < -0.39 is 6.10 Å².